The predicted molar refractivity (Wildman–Crippen MR) is 128 cm³/mol. The molecule has 0 spiro atoms. The molecule has 2 aromatic rings. The lowest BCUT2D eigenvalue weighted by atomic mass is 9.98. The maximum Gasteiger partial charge on any atom is 0.407 e. The molecule has 2 atom stereocenters. The van der Waals surface area contributed by atoms with Gasteiger partial charge >= 0.3 is 12.1 Å². The molecule has 0 aromatic heterocycles. The average Bonchev–Trinajstić information content (AvgIpc) is 3.13. The Morgan fingerprint density at radius 2 is 1.59 bits per heavy atom. The fraction of sp³-hybridized carbons (Fsp3) is 0.423. The number of carbonyl (C=O) groups excluding carboxylic acids is 2. The quantitative estimate of drug-likeness (QED) is 0.465. The summed E-state index contributed by atoms with van der Waals surface area (Å²) in [6, 6.07) is 15.3. The summed E-state index contributed by atoms with van der Waals surface area (Å²) in [5.41, 5.74) is 4.48. The number of carboxylic acid groups (broad SMARTS) is 1. The molecule has 0 heterocycles. The minimum atomic E-state index is -1.01. The molecule has 0 aliphatic heterocycles. The third kappa shape index (κ3) is 6.14. The number of amides is 2. The maximum absolute atomic E-state index is 12.7. The summed E-state index contributed by atoms with van der Waals surface area (Å²) in [7, 11) is 0. The van der Waals surface area contributed by atoms with Crippen molar-refractivity contribution in [1.29, 1.82) is 0 Å². The SMILES string of the molecule is CCOC(CNC(=O)C(NC(=O)OCC1c2ccccc2-c2ccccc21)C(C)C)CC(=O)O. The van der Waals surface area contributed by atoms with Gasteiger partial charge in [-0.15, -0.1) is 0 Å². The molecular weight excluding hydrogens is 436 g/mol. The van der Waals surface area contributed by atoms with E-state index >= 15 is 0 Å². The van der Waals surface area contributed by atoms with Crippen LogP contribution < -0.4 is 10.6 Å². The van der Waals surface area contributed by atoms with E-state index in [0.29, 0.717) is 6.61 Å². The Morgan fingerprint density at radius 3 is 2.12 bits per heavy atom. The second-order valence-electron chi connectivity index (χ2n) is 8.61. The van der Waals surface area contributed by atoms with Gasteiger partial charge in [-0.05, 0) is 35.1 Å². The van der Waals surface area contributed by atoms with E-state index in [1.165, 1.54) is 0 Å². The zero-order chi connectivity index (χ0) is 24.7. The summed E-state index contributed by atoms with van der Waals surface area (Å²) >= 11 is 0. The fourth-order valence-electron chi connectivity index (χ4n) is 4.25. The normalized spacial score (nSPS) is 14.1. The lowest BCUT2D eigenvalue weighted by Gasteiger charge is -2.23. The number of rotatable bonds is 11. The Kier molecular flexibility index (Phi) is 8.65. The van der Waals surface area contributed by atoms with Crippen LogP contribution in [0, 0.1) is 5.92 Å². The number of fused-ring (bicyclic) bond motifs is 3. The van der Waals surface area contributed by atoms with Gasteiger partial charge in [-0.3, -0.25) is 9.59 Å². The molecule has 0 saturated carbocycles. The summed E-state index contributed by atoms with van der Waals surface area (Å²) in [5, 5.41) is 14.3. The topological polar surface area (TPSA) is 114 Å². The molecule has 0 bridgehead atoms. The number of hydrogen-bond donors (Lipinski definition) is 3. The smallest absolute Gasteiger partial charge is 0.407 e. The number of hydrogen-bond acceptors (Lipinski definition) is 5. The molecule has 0 radical (unpaired) electrons. The zero-order valence-electron chi connectivity index (χ0n) is 19.7. The van der Waals surface area contributed by atoms with E-state index in [0.717, 1.165) is 22.3 Å². The lowest BCUT2D eigenvalue weighted by Crippen LogP contribution is -2.51. The number of ether oxygens (including phenoxy) is 2. The molecule has 3 N–H and O–H groups in total. The Hall–Kier alpha value is -3.39. The first-order valence-corrected chi connectivity index (χ1v) is 11.5. The second kappa shape index (κ2) is 11.7. The van der Waals surface area contributed by atoms with Crippen molar-refractivity contribution >= 4 is 18.0 Å². The van der Waals surface area contributed by atoms with E-state index in [4.69, 9.17) is 14.6 Å². The maximum atomic E-state index is 12.7. The summed E-state index contributed by atoms with van der Waals surface area (Å²) in [4.78, 5) is 36.3. The van der Waals surface area contributed by atoms with E-state index in [2.05, 4.69) is 22.8 Å². The minimum Gasteiger partial charge on any atom is -0.481 e. The number of alkyl carbamates (subject to hydrolysis) is 1. The monoisotopic (exact) mass is 468 g/mol. The molecule has 2 unspecified atom stereocenters. The Labute approximate surface area is 199 Å². The molecular formula is C26H32N2O6. The van der Waals surface area contributed by atoms with Gasteiger partial charge in [0.1, 0.15) is 12.6 Å². The van der Waals surface area contributed by atoms with Gasteiger partial charge in [-0.2, -0.15) is 0 Å². The average molecular weight is 469 g/mol. The number of aliphatic carboxylic acids is 1. The molecule has 3 rings (SSSR count). The van der Waals surface area contributed by atoms with Crippen LogP contribution in [0.3, 0.4) is 0 Å². The van der Waals surface area contributed by atoms with Crippen LogP contribution in [-0.2, 0) is 19.1 Å². The van der Waals surface area contributed by atoms with E-state index in [-0.39, 0.29) is 31.4 Å². The van der Waals surface area contributed by atoms with Gasteiger partial charge in [-0.1, -0.05) is 62.4 Å². The molecule has 2 aromatic carbocycles. The Bertz CT molecular complexity index is 976. The van der Waals surface area contributed by atoms with Crippen LogP contribution in [0.15, 0.2) is 48.5 Å². The van der Waals surface area contributed by atoms with Crippen molar-refractivity contribution in [3.05, 3.63) is 59.7 Å². The zero-order valence-corrected chi connectivity index (χ0v) is 19.7. The Morgan fingerprint density at radius 1 is 1.00 bits per heavy atom. The largest absolute Gasteiger partial charge is 0.481 e. The third-order valence-corrected chi connectivity index (χ3v) is 5.87. The summed E-state index contributed by atoms with van der Waals surface area (Å²) in [6.45, 7) is 5.90. The molecule has 2 amide bonds. The van der Waals surface area contributed by atoms with Crippen molar-refractivity contribution in [1.82, 2.24) is 10.6 Å². The first kappa shape index (κ1) is 25.2. The fourth-order valence-corrected chi connectivity index (χ4v) is 4.25. The Balaban J connectivity index is 1.59. The second-order valence-corrected chi connectivity index (χ2v) is 8.61. The number of carboxylic acids is 1. The van der Waals surface area contributed by atoms with E-state index in [9.17, 15) is 14.4 Å². The summed E-state index contributed by atoms with van der Waals surface area (Å²) in [6.07, 6.45) is -1.54. The van der Waals surface area contributed by atoms with Crippen molar-refractivity contribution in [3.63, 3.8) is 0 Å². The highest BCUT2D eigenvalue weighted by atomic mass is 16.5. The van der Waals surface area contributed by atoms with Gasteiger partial charge in [0, 0.05) is 19.1 Å². The summed E-state index contributed by atoms with van der Waals surface area (Å²) < 4.78 is 10.9. The van der Waals surface area contributed by atoms with Crippen molar-refractivity contribution in [2.24, 2.45) is 5.92 Å². The van der Waals surface area contributed by atoms with E-state index in [1.807, 2.05) is 50.2 Å². The molecule has 0 saturated heterocycles. The third-order valence-electron chi connectivity index (χ3n) is 5.87. The molecule has 1 aliphatic rings. The van der Waals surface area contributed by atoms with Crippen molar-refractivity contribution in [3.8, 4) is 11.1 Å². The number of nitrogens with one attached hydrogen (secondary N) is 2. The van der Waals surface area contributed by atoms with Crippen LogP contribution in [0.5, 0.6) is 0 Å². The summed E-state index contributed by atoms with van der Waals surface area (Å²) in [5.74, 6) is -1.71. The van der Waals surface area contributed by atoms with Crippen LogP contribution in [0.2, 0.25) is 0 Å². The van der Waals surface area contributed by atoms with Crippen LogP contribution in [0.25, 0.3) is 11.1 Å². The van der Waals surface area contributed by atoms with Crippen molar-refractivity contribution < 1.29 is 29.0 Å². The first-order chi connectivity index (χ1) is 16.3. The number of benzene rings is 2. The van der Waals surface area contributed by atoms with E-state index < -0.39 is 30.1 Å². The highest BCUT2D eigenvalue weighted by Gasteiger charge is 2.30. The van der Waals surface area contributed by atoms with Crippen LogP contribution in [0.1, 0.15) is 44.2 Å². The molecule has 8 heteroatoms. The van der Waals surface area contributed by atoms with Gasteiger partial charge in [0.25, 0.3) is 0 Å². The minimum absolute atomic E-state index is 0.0363. The van der Waals surface area contributed by atoms with Gasteiger partial charge in [0.2, 0.25) is 5.91 Å². The predicted octanol–water partition coefficient (Wildman–Crippen LogP) is 3.55. The van der Waals surface area contributed by atoms with Gasteiger partial charge in [0.05, 0.1) is 12.5 Å². The number of carbonyl (C=O) groups is 3. The van der Waals surface area contributed by atoms with Crippen LogP contribution in [-0.4, -0.2) is 55.0 Å². The van der Waals surface area contributed by atoms with Crippen LogP contribution in [0.4, 0.5) is 4.79 Å². The standard InChI is InChI=1S/C26H32N2O6/c1-4-33-17(13-23(29)30)14-27-25(31)24(16(2)3)28-26(32)34-15-22-20-11-7-5-9-18(20)19-10-6-8-12-21(19)22/h5-12,16-17,22,24H,4,13-15H2,1-3H3,(H,27,31)(H,28,32)(H,29,30). The van der Waals surface area contributed by atoms with Crippen molar-refractivity contribution in [2.75, 3.05) is 19.8 Å². The van der Waals surface area contributed by atoms with Gasteiger partial charge < -0.3 is 25.2 Å². The van der Waals surface area contributed by atoms with Gasteiger partial charge in [-0.25, -0.2) is 4.79 Å². The molecule has 1 aliphatic carbocycles. The molecule has 34 heavy (non-hydrogen) atoms. The molecule has 8 nitrogen and oxygen atoms in total. The van der Waals surface area contributed by atoms with E-state index in [1.54, 1.807) is 6.92 Å². The highest BCUT2D eigenvalue weighted by Crippen LogP contribution is 2.44. The molecule has 182 valence electrons. The lowest BCUT2D eigenvalue weighted by molar-refractivity contribution is -0.140. The van der Waals surface area contributed by atoms with Crippen LogP contribution >= 0.6 is 0 Å². The molecule has 0 fully saturated rings. The van der Waals surface area contributed by atoms with Gasteiger partial charge in [0.15, 0.2) is 0 Å². The first-order valence-electron chi connectivity index (χ1n) is 11.5. The highest BCUT2D eigenvalue weighted by molar-refractivity contribution is 5.86. The van der Waals surface area contributed by atoms with Crippen molar-refractivity contribution in [2.45, 2.75) is 45.3 Å².